The molecule has 9 heteroatoms. The van der Waals surface area contributed by atoms with Crippen molar-refractivity contribution in [2.75, 3.05) is 7.11 Å². The first-order valence-electron chi connectivity index (χ1n) is 9.03. The number of alkyl halides is 3. The molecule has 0 bridgehead atoms. The molecule has 1 amide bonds. The molecule has 0 radical (unpaired) electrons. The summed E-state index contributed by atoms with van der Waals surface area (Å²) in [6.45, 7) is 3.43. The largest absolute Gasteiger partial charge is 0.497 e. The van der Waals surface area contributed by atoms with Crippen molar-refractivity contribution in [2.24, 2.45) is 0 Å². The van der Waals surface area contributed by atoms with Gasteiger partial charge in [-0.2, -0.15) is 18.3 Å². The van der Waals surface area contributed by atoms with E-state index in [9.17, 15) is 18.0 Å². The number of hydrogen-bond acceptors (Lipinski definition) is 4. The Kier molecular flexibility index (Phi) is 5.44. The van der Waals surface area contributed by atoms with E-state index in [0.29, 0.717) is 22.2 Å². The molecule has 0 aliphatic rings. The number of nitrogens with one attached hydrogen (secondary N) is 1. The first-order valence-corrected chi connectivity index (χ1v) is 9.03. The highest BCUT2D eigenvalue weighted by molar-refractivity contribution is 5.94. The normalized spacial score (nSPS) is 13.5. The van der Waals surface area contributed by atoms with Gasteiger partial charge in [0.2, 0.25) is 0 Å². The van der Waals surface area contributed by atoms with Gasteiger partial charge in [0, 0.05) is 11.6 Å². The smallest absolute Gasteiger partial charge is 0.433 e. The van der Waals surface area contributed by atoms with Crippen LogP contribution in [0, 0.1) is 12.3 Å². The minimum atomic E-state index is -4.71. The number of amides is 1. The lowest BCUT2D eigenvalue weighted by molar-refractivity contribution is -0.142. The van der Waals surface area contributed by atoms with Crippen LogP contribution in [0.5, 0.6) is 5.75 Å². The number of terminal acetylenes is 1. The van der Waals surface area contributed by atoms with Crippen molar-refractivity contribution in [2.45, 2.75) is 32.0 Å². The number of fused-ring (bicyclic) bond motifs is 1. The van der Waals surface area contributed by atoms with Crippen LogP contribution in [0.2, 0.25) is 0 Å². The summed E-state index contributed by atoms with van der Waals surface area (Å²) in [5.74, 6) is 2.35. The second-order valence-corrected chi connectivity index (χ2v) is 6.84. The van der Waals surface area contributed by atoms with Gasteiger partial charge in [-0.1, -0.05) is 12.8 Å². The topological polar surface area (TPSA) is 68.5 Å². The summed E-state index contributed by atoms with van der Waals surface area (Å²) in [7, 11) is 1.49. The van der Waals surface area contributed by atoms with Gasteiger partial charge in [-0.05, 0) is 43.7 Å². The molecule has 0 saturated heterocycles. The Hall–Kier alpha value is -3.54. The molecule has 0 aliphatic heterocycles. The molecular formula is C21H19F3N4O2. The average Bonchev–Trinajstić information content (AvgIpc) is 3.16. The molecule has 1 aromatic carbocycles. The number of hydrogen-bond donors (Lipinski definition) is 1. The van der Waals surface area contributed by atoms with Crippen LogP contribution >= 0.6 is 0 Å². The molecule has 0 spiro atoms. The van der Waals surface area contributed by atoms with E-state index in [-0.39, 0.29) is 17.0 Å². The first-order chi connectivity index (χ1) is 14.1. The molecule has 1 N–H and O–H groups in total. The number of ether oxygens (including phenoxy) is 1. The summed E-state index contributed by atoms with van der Waals surface area (Å²) in [6, 6.07) is 8.53. The molecule has 6 nitrogen and oxygen atoms in total. The number of rotatable bonds is 5. The third kappa shape index (κ3) is 4.08. The van der Waals surface area contributed by atoms with E-state index in [0.717, 1.165) is 6.07 Å². The van der Waals surface area contributed by atoms with Crippen molar-refractivity contribution in [1.82, 2.24) is 19.9 Å². The quantitative estimate of drug-likeness (QED) is 0.640. The van der Waals surface area contributed by atoms with Gasteiger partial charge in [-0.3, -0.25) is 4.79 Å². The summed E-state index contributed by atoms with van der Waals surface area (Å²) in [5, 5.41) is 6.44. The number of halogens is 3. The van der Waals surface area contributed by atoms with Gasteiger partial charge < -0.3 is 10.1 Å². The van der Waals surface area contributed by atoms with Crippen molar-refractivity contribution >= 4 is 11.6 Å². The van der Waals surface area contributed by atoms with Crippen LogP contribution < -0.4 is 10.1 Å². The zero-order valence-corrected chi connectivity index (χ0v) is 16.5. The highest BCUT2D eigenvalue weighted by atomic mass is 19.4. The van der Waals surface area contributed by atoms with Gasteiger partial charge in [-0.15, -0.1) is 6.42 Å². The van der Waals surface area contributed by atoms with Crippen molar-refractivity contribution < 1.29 is 22.7 Å². The molecule has 1 atom stereocenters. The van der Waals surface area contributed by atoms with E-state index in [1.807, 2.05) is 0 Å². The van der Waals surface area contributed by atoms with Crippen LogP contribution in [-0.2, 0) is 6.18 Å². The highest BCUT2D eigenvalue weighted by Crippen LogP contribution is 2.32. The molecule has 3 rings (SSSR count). The summed E-state index contributed by atoms with van der Waals surface area (Å²) in [5.41, 5.74) is -1.77. The van der Waals surface area contributed by atoms with E-state index < -0.39 is 23.3 Å². The molecule has 30 heavy (non-hydrogen) atoms. The van der Waals surface area contributed by atoms with Crippen LogP contribution in [0.1, 0.15) is 36.5 Å². The van der Waals surface area contributed by atoms with E-state index in [2.05, 4.69) is 21.3 Å². The fourth-order valence-corrected chi connectivity index (χ4v) is 2.74. The first kappa shape index (κ1) is 21.2. The maximum absolute atomic E-state index is 13.7. The number of carbonyl (C=O) groups excluding carboxylic acids is 1. The Morgan fingerprint density at radius 1 is 1.27 bits per heavy atom. The molecule has 0 fully saturated rings. The van der Waals surface area contributed by atoms with E-state index in [4.69, 9.17) is 11.2 Å². The monoisotopic (exact) mass is 416 g/mol. The van der Waals surface area contributed by atoms with Crippen molar-refractivity contribution in [3.05, 3.63) is 47.8 Å². The Bertz CT molecular complexity index is 1130. The van der Waals surface area contributed by atoms with Crippen molar-refractivity contribution in [3.63, 3.8) is 0 Å². The summed E-state index contributed by atoms with van der Waals surface area (Å²) >= 11 is 0. The lowest BCUT2D eigenvalue weighted by Crippen LogP contribution is -2.44. The summed E-state index contributed by atoms with van der Waals surface area (Å²) in [4.78, 5) is 16.8. The van der Waals surface area contributed by atoms with Gasteiger partial charge in [0.05, 0.1) is 18.3 Å². The zero-order valence-electron chi connectivity index (χ0n) is 16.5. The molecule has 2 heterocycles. The van der Waals surface area contributed by atoms with Crippen molar-refractivity contribution in [3.8, 4) is 29.4 Å². The van der Waals surface area contributed by atoms with E-state index in [1.54, 1.807) is 38.1 Å². The third-order valence-electron chi connectivity index (χ3n) is 4.75. The summed E-state index contributed by atoms with van der Waals surface area (Å²) in [6.07, 6.45) is 1.18. The molecule has 0 aliphatic carbocycles. The van der Waals surface area contributed by atoms with E-state index >= 15 is 0 Å². The number of carbonyl (C=O) groups is 1. The Morgan fingerprint density at radius 2 is 1.93 bits per heavy atom. The third-order valence-corrected chi connectivity index (χ3v) is 4.75. The van der Waals surface area contributed by atoms with Crippen LogP contribution in [0.3, 0.4) is 0 Å². The Balaban J connectivity index is 2.11. The molecule has 156 valence electrons. The number of nitrogens with zero attached hydrogens (tertiary/aromatic N) is 3. The second kappa shape index (κ2) is 7.71. The molecule has 2 aromatic heterocycles. The minimum Gasteiger partial charge on any atom is -0.497 e. The van der Waals surface area contributed by atoms with Gasteiger partial charge in [0.1, 0.15) is 5.75 Å². The Morgan fingerprint density at radius 3 is 2.47 bits per heavy atom. The zero-order chi connectivity index (χ0) is 22.1. The maximum Gasteiger partial charge on any atom is 0.433 e. The lowest BCUT2D eigenvalue weighted by atomic mass is 10.0. The summed E-state index contributed by atoms with van der Waals surface area (Å²) < 4.78 is 46.7. The standard InChI is InChI=1S/C21H19F3N4O2/c1-5-20(3,6-2)26-19(29)16-12-18-25-15(13-7-9-14(30-4)10-8-13)11-17(21(22,23)24)28(18)27-16/h1,7-12H,6H2,2-4H3,(H,26,29)/t20-/m0/s1. The molecular weight excluding hydrogens is 397 g/mol. The van der Waals surface area contributed by atoms with Crippen LogP contribution in [-0.4, -0.2) is 33.2 Å². The van der Waals surface area contributed by atoms with Crippen LogP contribution in [0.15, 0.2) is 36.4 Å². The van der Waals surface area contributed by atoms with Gasteiger partial charge in [0.15, 0.2) is 17.0 Å². The van der Waals surface area contributed by atoms with Gasteiger partial charge >= 0.3 is 6.18 Å². The Labute approximate surface area is 171 Å². The highest BCUT2D eigenvalue weighted by Gasteiger charge is 2.36. The fraction of sp³-hybridized carbons (Fsp3) is 0.286. The van der Waals surface area contributed by atoms with E-state index in [1.165, 1.54) is 13.2 Å². The number of aromatic nitrogens is 3. The minimum absolute atomic E-state index is 0.0892. The molecule has 0 unspecified atom stereocenters. The van der Waals surface area contributed by atoms with Crippen molar-refractivity contribution in [1.29, 1.82) is 0 Å². The average molecular weight is 416 g/mol. The molecule has 3 aromatic rings. The fourth-order valence-electron chi connectivity index (χ4n) is 2.74. The van der Waals surface area contributed by atoms with Crippen LogP contribution in [0.4, 0.5) is 13.2 Å². The van der Waals surface area contributed by atoms with Gasteiger partial charge in [-0.25, -0.2) is 9.50 Å². The predicted octanol–water partition coefficient (Wildman–Crippen LogP) is 3.96. The van der Waals surface area contributed by atoms with Crippen LogP contribution in [0.25, 0.3) is 16.9 Å². The predicted molar refractivity (Wildman–Crippen MR) is 105 cm³/mol. The second-order valence-electron chi connectivity index (χ2n) is 6.84. The number of methoxy groups -OCH3 is 1. The van der Waals surface area contributed by atoms with Gasteiger partial charge in [0.25, 0.3) is 5.91 Å². The molecule has 0 saturated carbocycles. The number of benzene rings is 1. The SMILES string of the molecule is C#C[C@@](C)(CC)NC(=O)c1cc2nc(-c3ccc(OC)cc3)cc(C(F)(F)F)n2n1. The maximum atomic E-state index is 13.7. The lowest BCUT2D eigenvalue weighted by Gasteiger charge is -2.22.